The van der Waals surface area contributed by atoms with E-state index < -0.39 is 0 Å². The van der Waals surface area contributed by atoms with Crippen molar-refractivity contribution in [2.24, 2.45) is 22.6 Å². The molecule has 1 aliphatic heterocycles. The molecule has 2 aliphatic rings. The number of guanidine groups is 1. The van der Waals surface area contributed by atoms with Crippen molar-refractivity contribution in [3.05, 3.63) is 24.3 Å². The topological polar surface area (TPSA) is 50.9 Å². The lowest BCUT2D eigenvalue weighted by Crippen LogP contribution is -2.60. The van der Waals surface area contributed by atoms with Gasteiger partial charge in [-0.2, -0.15) is 0 Å². The average molecular weight is 273 g/mol. The Kier molecular flexibility index (Phi) is 3.11. The molecule has 1 spiro atoms. The highest BCUT2D eigenvalue weighted by atomic mass is 16.5. The van der Waals surface area contributed by atoms with E-state index in [1.54, 1.807) is 7.11 Å². The van der Waals surface area contributed by atoms with Gasteiger partial charge in [0.05, 0.1) is 19.2 Å². The molecule has 1 aliphatic carbocycles. The van der Waals surface area contributed by atoms with Crippen molar-refractivity contribution >= 4 is 11.6 Å². The van der Waals surface area contributed by atoms with Crippen LogP contribution in [0.3, 0.4) is 0 Å². The second-order valence-electron chi connectivity index (χ2n) is 6.34. The maximum absolute atomic E-state index is 6.13. The molecule has 1 aromatic rings. The first-order chi connectivity index (χ1) is 9.55. The van der Waals surface area contributed by atoms with Crippen molar-refractivity contribution in [2.75, 3.05) is 18.6 Å². The van der Waals surface area contributed by atoms with Gasteiger partial charge in [0.15, 0.2) is 5.96 Å². The quantitative estimate of drug-likeness (QED) is 0.921. The van der Waals surface area contributed by atoms with Gasteiger partial charge in [0.25, 0.3) is 0 Å². The molecule has 20 heavy (non-hydrogen) atoms. The molecule has 1 aromatic carbocycles. The molecule has 0 radical (unpaired) electrons. The fourth-order valence-electron chi connectivity index (χ4n) is 3.45. The van der Waals surface area contributed by atoms with E-state index >= 15 is 0 Å². The number of hydrogen-bond donors (Lipinski definition) is 1. The minimum Gasteiger partial charge on any atom is -0.497 e. The third-order valence-electron chi connectivity index (χ3n) is 4.80. The van der Waals surface area contributed by atoms with Gasteiger partial charge in [0.2, 0.25) is 0 Å². The molecule has 0 atom stereocenters. The van der Waals surface area contributed by atoms with Crippen molar-refractivity contribution in [2.45, 2.75) is 32.2 Å². The second kappa shape index (κ2) is 4.69. The molecule has 3 rings (SSSR count). The lowest BCUT2D eigenvalue weighted by molar-refractivity contribution is 0.121. The summed E-state index contributed by atoms with van der Waals surface area (Å²) in [5.74, 6) is 3.04. The normalized spacial score (nSPS) is 28.7. The number of methoxy groups -OCH3 is 1. The molecule has 1 heterocycles. The Bertz CT molecular complexity index is 515. The molecule has 1 saturated carbocycles. The molecule has 1 fully saturated rings. The van der Waals surface area contributed by atoms with Crippen molar-refractivity contribution in [1.29, 1.82) is 0 Å². The first kappa shape index (κ1) is 13.3. The molecule has 2 N–H and O–H groups in total. The van der Waals surface area contributed by atoms with E-state index in [9.17, 15) is 0 Å². The molecule has 0 saturated heterocycles. The molecule has 4 nitrogen and oxygen atoms in total. The third kappa shape index (κ3) is 1.94. The minimum absolute atomic E-state index is 0.119. The molecule has 108 valence electrons. The minimum atomic E-state index is 0.119. The third-order valence-corrected chi connectivity index (χ3v) is 4.80. The monoisotopic (exact) mass is 273 g/mol. The Hall–Kier alpha value is -1.71. The van der Waals surface area contributed by atoms with E-state index in [0.29, 0.717) is 5.96 Å². The summed E-state index contributed by atoms with van der Waals surface area (Å²) in [6.45, 7) is 5.43. The van der Waals surface area contributed by atoms with Crippen LogP contribution in [0.5, 0.6) is 5.75 Å². The molecule has 0 amide bonds. The lowest BCUT2D eigenvalue weighted by Gasteiger charge is -2.52. The highest BCUT2D eigenvalue weighted by Gasteiger charge is 2.53. The van der Waals surface area contributed by atoms with Gasteiger partial charge in [0, 0.05) is 5.69 Å². The van der Waals surface area contributed by atoms with Crippen LogP contribution in [0.25, 0.3) is 0 Å². The summed E-state index contributed by atoms with van der Waals surface area (Å²) in [6.07, 6.45) is 2.36. The number of hydrogen-bond acceptors (Lipinski definition) is 4. The number of nitrogens with zero attached hydrogens (tertiary/aromatic N) is 2. The first-order valence-electron chi connectivity index (χ1n) is 7.30. The summed E-state index contributed by atoms with van der Waals surface area (Å²) in [6, 6.07) is 8.09. The summed E-state index contributed by atoms with van der Waals surface area (Å²) in [7, 11) is 1.68. The molecular formula is C16H23N3O. The number of aliphatic imine (C=N–C) groups is 1. The summed E-state index contributed by atoms with van der Waals surface area (Å²) < 4.78 is 5.22. The van der Waals surface area contributed by atoms with Gasteiger partial charge in [-0.1, -0.05) is 13.8 Å². The van der Waals surface area contributed by atoms with Crippen molar-refractivity contribution < 1.29 is 4.74 Å². The number of benzene rings is 1. The van der Waals surface area contributed by atoms with Gasteiger partial charge in [-0.25, -0.2) is 0 Å². The van der Waals surface area contributed by atoms with E-state index in [1.165, 1.54) is 12.8 Å². The van der Waals surface area contributed by atoms with Gasteiger partial charge in [-0.05, 0) is 48.9 Å². The maximum Gasteiger partial charge on any atom is 0.196 e. The zero-order chi connectivity index (χ0) is 14.3. The Morgan fingerprint density at radius 1 is 1.30 bits per heavy atom. The van der Waals surface area contributed by atoms with Crippen molar-refractivity contribution in [3.63, 3.8) is 0 Å². The van der Waals surface area contributed by atoms with Crippen LogP contribution in [-0.2, 0) is 0 Å². The molecule has 0 aromatic heterocycles. The van der Waals surface area contributed by atoms with Crippen LogP contribution in [-0.4, -0.2) is 25.2 Å². The van der Waals surface area contributed by atoms with E-state index in [1.807, 2.05) is 12.1 Å². The van der Waals surface area contributed by atoms with Gasteiger partial charge in [-0.3, -0.25) is 4.99 Å². The van der Waals surface area contributed by atoms with Crippen LogP contribution in [0, 0.1) is 11.8 Å². The predicted molar refractivity (Wildman–Crippen MR) is 82.3 cm³/mol. The number of anilines is 1. The Morgan fingerprint density at radius 3 is 2.50 bits per heavy atom. The summed E-state index contributed by atoms with van der Waals surface area (Å²) >= 11 is 0. The number of nitrogens with two attached hydrogens (primary N) is 1. The molecule has 0 unspecified atom stereocenters. The van der Waals surface area contributed by atoms with E-state index in [4.69, 9.17) is 10.5 Å². The Balaban J connectivity index is 1.84. The lowest BCUT2D eigenvalue weighted by atomic mass is 9.63. The standard InChI is InChI=1S/C16H23N3O/c1-11(2)12-8-16(9-12)10-18-15(17)19(16)13-4-6-14(20-3)7-5-13/h4-7,11-12H,8-10H2,1-3H3,(H2,17,18). The SMILES string of the molecule is COc1ccc(N2C(N)=NCC23CC(C(C)C)C3)cc1. The van der Waals surface area contributed by atoms with Gasteiger partial charge in [-0.15, -0.1) is 0 Å². The van der Waals surface area contributed by atoms with E-state index in [-0.39, 0.29) is 5.54 Å². The second-order valence-corrected chi connectivity index (χ2v) is 6.34. The summed E-state index contributed by atoms with van der Waals surface area (Å²) in [5, 5.41) is 0. The van der Waals surface area contributed by atoms with E-state index in [0.717, 1.165) is 29.8 Å². The molecule has 0 bridgehead atoms. The summed E-state index contributed by atoms with van der Waals surface area (Å²) in [5.41, 5.74) is 7.37. The fourth-order valence-corrected chi connectivity index (χ4v) is 3.45. The van der Waals surface area contributed by atoms with Gasteiger partial charge >= 0.3 is 0 Å². The fraction of sp³-hybridized carbons (Fsp3) is 0.562. The largest absolute Gasteiger partial charge is 0.497 e. The number of ether oxygens (including phenoxy) is 1. The Morgan fingerprint density at radius 2 is 1.95 bits per heavy atom. The van der Waals surface area contributed by atoms with Gasteiger partial charge in [0.1, 0.15) is 5.75 Å². The molecular weight excluding hydrogens is 250 g/mol. The van der Waals surface area contributed by atoms with E-state index in [2.05, 4.69) is 35.9 Å². The average Bonchev–Trinajstić information content (AvgIpc) is 2.75. The zero-order valence-corrected chi connectivity index (χ0v) is 12.5. The zero-order valence-electron chi connectivity index (χ0n) is 12.5. The highest BCUT2D eigenvalue weighted by Crippen LogP contribution is 2.49. The predicted octanol–water partition coefficient (Wildman–Crippen LogP) is 2.63. The van der Waals surface area contributed by atoms with Crippen molar-refractivity contribution in [3.8, 4) is 5.75 Å². The van der Waals surface area contributed by atoms with Crippen LogP contribution in [0.2, 0.25) is 0 Å². The van der Waals surface area contributed by atoms with Crippen LogP contribution < -0.4 is 15.4 Å². The first-order valence-corrected chi connectivity index (χ1v) is 7.30. The van der Waals surface area contributed by atoms with Crippen molar-refractivity contribution in [1.82, 2.24) is 0 Å². The highest BCUT2D eigenvalue weighted by molar-refractivity contribution is 5.98. The van der Waals surface area contributed by atoms with Crippen LogP contribution in [0.4, 0.5) is 5.69 Å². The Labute approximate surface area is 120 Å². The van der Waals surface area contributed by atoms with Crippen LogP contribution >= 0.6 is 0 Å². The van der Waals surface area contributed by atoms with Gasteiger partial charge < -0.3 is 15.4 Å². The number of rotatable bonds is 3. The summed E-state index contributed by atoms with van der Waals surface area (Å²) in [4.78, 5) is 6.72. The molecule has 4 heteroatoms. The smallest absolute Gasteiger partial charge is 0.196 e. The maximum atomic E-state index is 6.13. The van der Waals surface area contributed by atoms with Crippen LogP contribution in [0.15, 0.2) is 29.3 Å². The van der Waals surface area contributed by atoms with Crippen LogP contribution in [0.1, 0.15) is 26.7 Å².